The SMILES string of the molecule is CC(C)(CCC#N)CNc1cccc(F)c1F. The van der Waals surface area contributed by atoms with Crippen molar-refractivity contribution in [2.24, 2.45) is 5.41 Å². The molecule has 0 aliphatic carbocycles. The number of nitrogens with one attached hydrogen (secondary N) is 1. The Morgan fingerprint density at radius 2 is 2.06 bits per heavy atom. The molecule has 0 unspecified atom stereocenters. The molecule has 0 aromatic heterocycles. The third-order valence-corrected chi connectivity index (χ3v) is 2.62. The summed E-state index contributed by atoms with van der Waals surface area (Å²) in [4.78, 5) is 0. The van der Waals surface area contributed by atoms with Gasteiger partial charge in [0.15, 0.2) is 11.6 Å². The standard InChI is InChI=1S/C13H16F2N2/c1-13(2,7-4-8-16)9-17-11-6-3-5-10(14)12(11)15/h3,5-6,17H,4,7,9H2,1-2H3. The second kappa shape index (κ2) is 5.62. The number of benzene rings is 1. The molecule has 17 heavy (non-hydrogen) atoms. The van der Waals surface area contributed by atoms with Crippen LogP contribution in [0.1, 0.15) is 26.7 Å². The maximum atomic E-state index is 13.3. The number of rotatable bonds is 5. The number of halogens is 2. The number of nitrogens with zero attached hydrogens (tertiary/aromatic N) is 1. The van der Waals surface area contributed by atoms with Crippen LogP contribution in [0.15, 0.2) is 18.2 Å². The lowest BCUT2D eigenvalue weighted by atomic mass is 9.88. The second-order valence-electron chi connectivity index (χ2n) is 4.78. The van der Waals surface area contributed by atoms with Gasteiger partial charge in [0.1, 0.15) is 0 Å². The lowest BCUT2D eigenvalue weighted by Crippen LogP contribution is -2.23. The molecule has 0 heterocycles. The summed E-state index contributed by atoms with van der Waals surface area (Å²) in [6.45, 7) is 4.46. The zero-order valence-corrected chi connectivity index (χ0v) is 10.1. The summed E-state index contributed by atoms with van der Waals surface area (Å²) in [5.41, 5.74) is 0.0316. The smallest absolute Gasteiger partial charge is 0.181 e. The number of hydrogen-bond donors (Lipinski definition) is 1. The molecule has 4 heteroatoms. The molecule has 0 bridgehead atoms. The third kappa shape index (κ3) is 4.03. The molecule has 1 aromatic rings. The molecule has 0 amide bonds. The largest absolute Gasteiger partial charge is 0.382 e. The molecule has 0 atom stereocenters. The van der Waals surface area contributed by atoms with Crippen LogP contribution in [0.4, 0.5) is 14.5 Å². The van der Waals surface area contributed by atoms with E-state index in [4.69, 9.17) is 5.26 Å². The molecule has 0 fully saturated rings. The number of hydrogen-bond acceptors (Lipinski definition) is 2. The summed E-state index contributed by atoms with van der Waals surface area (Å²) < 4.78 is 26.3. The normalized spacial score (nSPS) is 11.0. The minimum absolute atomic E-state index is 0.130. The predicted molar refractivity (Wildman–Crippen MR) is 63.5 cm³/mol. The molecule has 1 rings (SSSR count). The van der Waals surface area contributed by atoms with Crippen molar-refractivity contribution >= 4 is 5.69 Å². The van der Waals surface area contributed by atoms with Gasteiger partial charge in [-0.1, -0.05) is 19.9 Å². The average Bonchev–Trinajstić information content (AvgIpc) is 2.29. The number of nitriles is 1. The van der Waals surface area contributed by atoms with Crippen molar-refractivity contribution in [1.82, 2.24) is 0 Å². The molecular weight excluding hydrogens is 222 g/mol. The van der Waals surface area contributed by atoms with Crippen LogP contribution in [0, 0.1) is 28.4 Å². The fraction of sp³-hybridized carbons (Fsp3) is 0.462. The van der Waals surface area contributed by atoms with E-state index in [1.165, 1.54) is 12.1 Å². The Morgan fingerprint density at radius 3 is 2.71 bits per heavy atom. The van der Waals surface area contributed by atoms with Crippen molar-refractivity contribution < 1.29 is 8.78 Å². The fourth-order valence-corrected chi connectivity index (χ4v) is 1.46. The van der Waals surface area contributed by atoms with Crippen molar-refractivity contribution in [3.05, 3.63) is 29.8 Å². The molecular formula is C13H16F2N2. The highest BCUT2D eigenvalue weighted by Gasteiger charge is 2.18. The highest BCUT2D eigenvalue weighted by atomic mass is 19.2. The van der Waals surface area contributed by atoms with Gasteiger partial charge in [0, 0.05) is 13.0 Å². The van der Waals surface area contributed by atoms with Gasteiger partial charge in [0.2, 0.25) is 0 Å². The Morgan fingerprint density at radius 1 is 1.35 bits per heavy atom. The van der Waals surface area contributed by atoms with E-state index in [1.807, 2.05) is 13.8 Å². The van der Waals surface area contributed by atoms with Crippen LogP contribution in [0.25, 0.3) is 0 Å². The lowest BCUT2D eigenvalue weighted by Gasteiger charge is -2.24. The van der Waals surface area contributed by atoms with E-state index in [0.29, 0.717) is 19.4 Å². The van der Waals surface area contributed by atoms with E-state index in [9.17, 15) is 8.78 Å². The van der Waals surface area contributed by atoms with E-state index in [-0.39, 0.29) is 11.1 Å². The molecule has 1 N–H and O–H groups in total. The van der Waals surface area contributed by atoms with Gasteiger partial charge >= 0.3 is 0 Å². The molecule has 92 valence electrons. The summed E-state index contributed by atoms with van der Waals surface area (Å²) in [5, 5.41) is 11.4. The summed E-state index contributed by atoms with van der Waals surface area (Å²) in [6, 6.07) is 6.13. The quantitative estimate of drug-likeness (QED) is 0.848. The van der Waals surface area contributed by atoms with Crippen LogP contribution in [0.3, 0.4) is 0 Å². The Hall–Kier alpha value is -1.63. The first-order valence-electron chi connectivity index (χ1n) is 5.51. The fourth-order valence-electron chi connectivity index (χ4n) is 1.46. The highest BCUT2D eigenvalue weighted by Crippen LogP contribution is 2.24. The van der Waals surface area contributed by atoms with E-state index < -0.39 is 11.6 Å². The van der Waals surface area contributed by atoms with Crippen LogP contribution < -0.4 is 5.32 Å². The van der Waals surface area contributed by atoms with Crippen LogP contribution >= 0.6 is 0 Å². The topological polar surface area (TPSA) is 35.8 Å². The van der Waals surface area contributed by atoms with Gasteiger partial charge in [-0.2, -0.15) is 5.26 Å². The maximum absolute atomic E-state index is 13.3. The van der Waals surface area contributed by atoms with Gasteiger partial charge in [-0.3, -0.25) is 0 Å². The Bertz CT molecular complexity index is 422. The first-order chi connectivity index (χ1) is 7.96. The number of anilines is 1. The molecule has 0 radical (unpaired) electrons. The Labute approximate surface area is 100 Å². The zero-order valence-electron chi connectivity index (χ0n) is 10.1. The average molecular weight is 238 g/mol. The van der Waals surface area contributed by atoms with E-state index in [2.05, 4.69) is 11.4 Å². The lowest BCUT2D eigenvalue weighted by molar-refractivity contribution is 0.363. The molecule has 0 saturated heterocycles. The first-order valence-corrected chi connectivity index (χ1v) is 5.51. The third-order valence-electron chi connectivity index (χ3n) is 2.62. The van der Waals surface area contributed by atoms with Gasteiger partial charge in [-0.25, -0.2) is 8.78 Å². The van der Waals surface area contributed by atoms with Crippen LogP contribution in [-0.2, 0) is 0 Å². The van der Waals surface area contributed by atoms with Crippen molar-refractivity contribution in [1.29, 1.82) is 5.26 Å². The monoisotopic (exact) mass is 238 g/mol. The van der Waals surface area contributed by atoms with Crippen molar-refractivity contribution in [2.75, 3.05) is 11.9 Å². The van der Waals surface area contributed by atoms with E-state index in [0.717, 1.165) is 6.07 Å². The van der Waals surface area contributed by atoms with E-state index in [1.54, 1.807) is 0 Å². The van der Waals surface area contributed by atoms with Crippen LogP contribution in [0.5, 0.6) is 0 Å². The van der Waals surface area contributed by atoms with Gasteiger partial charge in [0.25, 0.3) is 0 Å². The molecule has 0 aliphatic rings. The van der Waals surface area contributed by atoms with Crippen molar-refractivity contribution in [3.63, 3.8) is 0 Å². The Balaban J connectivity index is 2.61. The zero-order chi connectivity index (χ0) is 12.9. The predicted octanol–water partition coefficient (Wildman–Crippen LogP) is 3.71. The molecule has 1 aromatic carbocycles. The van der Waals surface area contributed by atoms with E-state index >= 15 is 0 Å². The summed E-state index contributed by atoms with van der Waals surface area (Å²) in [7, 11) is 0. The van der Waals surface area contributed by atoms with Gasteiger partial charge < -0.3 is 5.32 Å². The summed E-state index contributed by atoms with van der Waals surface area (Å²) in [5.74, 6) is -1.71. The first kappa shape index (κ1) is 13.4. The van der Waals surface area contributed by atoms with Crippen LogP contribution in [0.2, 0.25) is 0 Å². The molecule has 2 nitrogen and oxygen atoms in total. The summed E-state index contributed by atoms with van der Waals surface area (Å²) >= 11 is 0. The maximum Gasteiger partial charge on any atom is 0.181 e. The Kier molecular flexibility index (Phi) is 4.45. The molecule has 0 spiro atoms. The highest BCUT2D eigenvalue weighted by molar-refractivity contribution is 5.45. The molecule has 0 aliphatic heterocycles. The second-order valence-corrected chi connectivity index (χ2v) is 4.78. The summed E-state index contributed by atoms with van der Waals surface area (Å²) in [6.07, 6.45) is 1.17. The van der Waals surface area contributed by atoms with Gasteiger partial charge in [0.05, 0.1) is 11.8 Å². The molecule has 0 saturated carbocycles. The van der Waals surface area contributed by atoms with Crippen LogP contribution in [-0.4, -0.2) is 6.54 Å². The minimum Gasteiger partial charge on any atom is -0.382 e. The van der Waals surface area contributed by atoms with Gasteiger partial charge in [-0.05, 0) is 24.0 Å². The minimum atomic E-state index is -0.858. The van der Waals surface area contributed by atoms with Crippen molar-refractivity contribution in [3.8, 4) is 6.07 Å². The van der Waals surface area contributed by atoms with Crippen molar-refractivity contribution in [2.45, 2.75) is 26.7 Å². The van der Waals surface area contributed by atoms with Gasteiger partial charge in [-0.15, -0.1) is 0 Å².